The van der Waals surface area contributed by atoms with Gasteiger partial charge in [0.2, 0.25) is 0 Å². The molecule has 3 N–H and O–H groups in total. The number of benzene rings is 1. The first-order chi connectivity index (χ1) is 9.33. The van der Waals surface area contributed by atoms with E-state index >= 15 is 0 Å². The number of nitrogens with one attached hydrogen (secondary N) is 1. The van der Waals surface area contributed by atoms with E-state index in [1.54, 1.807) is 0 Å². The van der Waals surface area contributed by atoms with Gasteiger partial charge in [-0.05, 0) is 44.0 Å². The minimum absolute atomic E-state index is 0.368. The Kier molecular flexibility index (Phi) is 3.46. The molecule has 0 aliphatic carbocycles. The molecule has 19 heavy (non-hydrogen) atoms. The zero-order valence-corrected chi connectivity index (χ0v) is 10.8. The number of piperidine rings is 1. The zero-order chi connectivity index (χ0) is 13.1. The van der Waals surface area contributed by atoms with E-state index in [1.807, 2.05) is 24.3 Å². The second-order valence-corrected chi connectivity index (χ2v) is 4.91. The summed E-state index contributed by atoms with van der Waals surface area (Å²) < 4.78 is 5.76. The number of hydrogen-bond donors (Lipinski definition) is 2. The van der Waals surface area contributed by atoms with Gasteiger partial charge in [0.1, 0.15) is 0 Å². The van der Waals surface area contributed by atoms with Crippen LogP contribution < -0.4 is 15.8 Å². The van der Waals surface area contributed by atoms with Crippen LogP contribution in [0.15, 0.2) is 24.3 Å². The Morgan fingerprint density at radius 2 is 1.84 bits per heavy atom. The molecule has 0 amide bonds. The Bertz CT molecular complexity index is 566. The fourth-order valence-corrected chi connectivity index (χ4v) is 2.35. The van der Waals surface area contributed by atoms with Crippen LogP contribution >= 0.6 is 0 Å². The Labute approximate surface area is 112 Å². The number of ether oxygens (including phenoxy) is 1. The van der Waals surface area contributed by atoms with Gasteiger partial charge >= 0.3 is 0 Å². The van der Waals surface area contributed by atoms with Gasteiger partial charge in [-0.1, -0.05) is 12.1 Å². The first-order valence-corrected chi connectivity index (χ1v) is 6.69. The minimum Gasteiger partial charge on any atom is -0.475 e. The highest BCUT2D eigenvalue weighted by Crippen LogP contribution is 2.22. The lowest BCUT2D eigenvalue weighted by molar-refractivity contribution is 0.210. The van der Waals surface area contributed by atoms with Crippen LogP contribution in [0, 0.1) is 5.92 Å². The Hall–Kier alpha value is -1.88. The molecule has 1 fully saturated rings. The molecule has 2 aromatic rings. The molecule has 0 bridgehead atoms. The Morgan fingerprint density at radius 3 is 2.58 bits per heavy atom. The summed E-state index contributed by atoms with van der Waals surface area (Å²) in [6.07, 6.45) is 2.28. The first-order valence-electron chi connectivity index (χ1n) is 6.69. The molecule has 0 spiro atoms. The van der Waals surface area contributed by atoms with Crippen LogP contribution in [0.3, 0.4) is 0 Å². The van der Waals surface area contributed by atoms with Crippen molar-refractivity contribution >= 4 is 16.9 Å². The molecule has 1 aromatic heterocycles. The average molecular weight is 258 g/mol. The quantitative estimate of drug-likeness (QED) is 0.874. The van der Waals surface area contributed by atoms with Crippen LogP contribution in [0.2, 0.25) is 0 Å². The molecule has 1 saturated heterocycles. The first kappa shape index (κ1) is 12.2. The van der Waals surface area contributed by atoms with Gasteiger partial charge in [-0.2, -0.15) is 0 Å². The number of nitrogens with two attached hydrogens (primary N) is 1. The molecular formula is C14H18N4O. The van der Waals surface area contributed by atoms with Crippen molar-refractivity contribution in [2.24, 2.45) is 5.92 Å². The van der Waals surface area contributed by atoms with Crippen molar-refractivity contribution in [3.05, 3.63) is 24.3 Å². The Balaban J connectivity index is 1.74. The number of nitrogens with zero attached hydrogens (tertiary/aromatic N) is 2. The smallest absolute Gasteiger partial charge is 0.257 e. The van der Waals surface area contributed by atoms with Crippen LogP contribution in [0.5, 0.6) is 5.88 Å². The van der Waals surface area contributed by atoms with Crippen LogP contribution in [0.1, 0.15) is 12.8 Å². The summed E-state index contributed by atoms with van der Waals surface area (Å²) in [5.74, 6) is 1.40. The van der Waals surface area contributed by atoms with Gasteiger partial charge < -0.3 is 15.8 Å². The van der Waals surface area contributed by atoms with Gasteiger partial charge in [-0.3, -0.25) is 0 Å². The average Bonchev–Trinajstić information content (AvgIpc) is 2.46. The number of aromatic nitrogens is 2. The maximum absolute atomic E-state index is 5.89. The van der Waals surface area contributed by atoms with Gasteiger partial charge in [-0.15, -0.1) is 0 Å². The van der Waals surface area contributed by atoms with E-state index < -0.39 is 0 Å². The standard InChI is InChI=1S/C14H18N4O/c15-13-14(19-9-10-5-7-16-8-6-10)18-12-4-2-1-3-11(12)17-13/h1-4,10,16H,5-9H2,(H2,15,17). The second kappa shape index (κ2) is 5.40. The van der Waals surface area contributed by atoms with E-state index in [2.05, 4.69) is 15.3 Å². The van der Waals surface area contributed by atoms with E-state index in [4.69, 9.17) is 10.5 Å². The molecule has 0 unspecified atom stereocenters. The third-order valence-electron chi connectivity index (χ3n) is 3.48. The third kappa shape index (κ3) is 2.76. The van der Waals surface area contributed by atoms with Crippen molar-refractivity contribution in [2.45, 2.75) is 12.8 Å². The molecule has 0 saturated carbocycles. The van der Waals surface area contributed by atoms with Crippen LogP contribution in [0.4, 0.5) is 5.82 Å². The summed E-state index contributed by atoms with van der Waals surface area (Å²) in [4.78, 5) is 8.75. The van der Waals surface area contributed by atoms with Crippen molar-refractivity contribution in [3.63, 3.8) is 0 Å². The number of para-hydroxylation sites is 2. The molecule has 100 valence electrons. The summed E-state index contributed by atoms with van der Waals surface area (Å²) in [6.45, 7) is 2.79. The van der Waals surface area contributed by atoms with Gasteiger partial charge in [-0.25, -0.2) is 9.97 Å². The lowest BCUT2D eigenvalue weighted by Crippen LogP contribution is -2.30. The highest BCUT2D eigenvalue weighted by Gasteiger charge is 2.15. The van der Waals surface area contributed by atoms with Gasteiger partial charge in [0.15, 0.2) is 5.82 Å². The van der Waals surface area contributed by atoms with Crippen molar-refractivity contribution in [1.82, 2.24) is 15.3 Å². The second-order valence-electron chi connectivity index (χ2n) is 4.91. The van der Waals surface area contributed by atoms with E-state index in [0.717, 1.165) is 37.0 Å². The summed E-state index contributed by atoms with van der Waals surface area (Å²) in [7, 11) is 0. The molecular weight excluding hydrogens is 240 g/mol. The molecule has 5 nitrogen and oxygen atoms in total. The monoisotopic (exact) mass is 258 g/mol. The van der Waals surface area contributed by atoms with Crippen molar-refractivity contribution < 1.29 is 4.74 Å². The van der Waals surface area contributed by atoms with E-state index in [9.17, 15) is 0 Å². The molecule has 0 atom stereocenters. The molecule has 1 aliphatic rings. The SMILES string of the molecule is Nc1nc2ccccc2nc1OCC1CCNCC1. The lowest BCUT2D eigenvalue weighted by atomic mass is 9.99. The number of fused-ring (bicyclic) bond motifs is 1. The fraction of sp³-hybridized carbons (Fsp3) is 0.429. The largest absolute Gasteiger partial charge is 0.475 e. The molecule has 3 rings (SSSR count). The van der Waals surface area contributed by atoms with Crippen molar-refractivity contribution in [2.75, 3.05) is 25.4 Å². The van der Waals surface area contributed by atoms with Crippen LogP contribution in [-0.4, -0.2) is 29.7 Å². The van der Waals surface area contributed by atoms with Crippen LogP contribution in [0.25, 0.3) is 11.0 Å². The third-order valence-corrected chi connectivity index (χ3v) is 3.48. The Morgan fingerprint density at radius 1 is 1.16 bits per heavy atom. The number of nitrogen functional groups attached to an aromatic ring is 1. The predicted molar refractivity (Wildman–Crippen MR) is 75.0 cm³/mol. The summed E-state index contributed by atoms with van der Waals surface area (Å²) >= 11 is 0. The van der Waals surface area contributed by atoms with Gasteiger partial charge in [0.25, 0.3) is 5.88 Å². The highest BCUT2D eigenvalue weighted by atomic mass is 16.5. The molecule has 0 radical (unpaired) electrons. The van der Waals surface area contributed by atoms with Crippen LogP contribution in [-0.2, 0) is 0 Å². The topological polar surface area (TPSA) is 73.1 Å². The van der Waals surface area contributed by atoms with Crippen molar-refractivity contribution in [3.8, 4) is 5.88 Å². The summed E-state index contributed by atoms with van der Waals surface area (Å²) in [6, 6.07) is 7.67. The maximum Gasteiger partial charge on any atom is 0.257 e. The molecule has 1 aromatic carbocycles. The predicted octanol–water partition coefficient (Wildman–Crippen LogP) is 1.59. The fourth-order valence-electron chi connectivity index (χ4n) is 2.35. The van der Waals surface area contributed by atoms with E-state index in [-0.39, 0.29) is 0 Å². The summed E-state index contributed by atoms with van der Waals surface area (Å²) in [5, 5.41) is 3.34. The number of hydrogen-bond acceptors (Lipinski definition) is 5. The summed E-state index contributed by atoms with van der Waals surface area (Å²) in [5.41, 5.74) is 7.51. The number of anilines is 1. The minimum atomic E-state index is 0.368. The highest BCUT2D eigenvalue weighted by molar-refractivity contribution is 5.76. The lowest BCUT2D eigenvalue weighted by Gasteiger charge is -2.22. The van der Waals surface area contributed by atoms with E-state index in [0.29, 0.717) is 24.2 Å². The maximum atomic E-state index is 5.89. The van der Waals surface area contributed by atoms with Gasteiger partial charge in [0.05, 0.1) is 17.6 Å². The molecule has 1 aliphatic heterocycles. The number of rotatable bonds is 3. The van der Waals surface area contributed by atoms with Crippen molar-refractivity contribution in [1.29, 1.82) is 0 Å². The zero-order valence-electron chi connectivity index (χ0n) is 10.8. The molecule has 2 heterocycles. The van der Waals surface area contributed by atoms with E-state index in [1.165, 1.54) is 0 Å². The normalized spacial score (nSPS) is 16.6. The molecule has 5 heteroatoms. The van der Waals surface area contributed by atoms with Gasteiger partial charge in [0, 0.05) is 0 Å².